The van der Waals surface area contributed by atoms with Crippen molar-refractivity contribution in [2.24, 2.45) is 5.73 Å². The molecule has 0 saturated heterocycles. The third kappa shape index (κ3) is 2.07. The highest BCUT2D eigenvalue weighted by molar-refractivity contribution is 5.90. The second kappa shape index (κ2) is 3.74. The largest absolute Gasteiger partial charge is 0.478 e. The number of nitrogens with two attached hydrogens (primary N) is 1. The number of hydrogen-bond donors (Lipinski definition) is 4. The molecule has 1 rings (SSSR count). The third-order valence-electron chi connectivity index (χ3n) is 2.33. The standard InChI is InChI=1S/C9H14N2O4/c1-11-8(10)3-4-9(14,15-2)6(5-8)7(12)13/h3-5,11,14H,10H2,1-2H3,(H,12,13). The summed E-state index contributed by atoms with van der Waals surface area (Å²) < 4.78 is 4.73. The second-order valence-electron chi connectivity index (χ2n) is 3.28. The topological polar surface area (TPSA) is 105 Å². The number of likely N-dealkylation sites (N-methyl/N-ethyl adjacent to an activating group) is 1. The van der Waals surface area contributed by atoms with Gasteiger partial charge in [0.1, 0.15) is 5.66 Å². The van der Waals surface area contributed by atoms with Gasteiger partial charge in [0.2, 0.25) is 5.79 Å². The van der Waals surface area contributed by atoms with Gasteiger partial charge in [0, 0.05) is 7.11 Å². The molecule has 1 aliphatic carbocycles. The summed E-state index contributed by atoms with van der Waals surface area (Å²) in [6.45, 7) is 0. The Morgan fingerprint density at radius 2 is 2.20 bits per heavy atom. The number of methoxy groups -OCH3 is 1. The molecule has 0 saturated carbocycles. The zero-order chi connectivity index (χ0) is 11.7. The number of carboxylic acid groups (broad SMARTS) is 1. The van der Waals surface area contributed by atoms with E-state index < -0.39 is 17.4 Å². The van der Waals surface area contributed by atoms with E-state index in [1.807, 2.05) is 0 Å². The van der Waals surface area contributed by atoms with Crippen LogP contribution in [0.5, 0.6) is 0 Å². The molecular formula is C9H14N2O4. The molecule has 0 amide bonds. The van der Waals surface area contributed by atoms with E-state index in [1.54, 1.807) is 7.05 Å². The summed E-state index contributed by atoms with van der Waals surface area (Å²) in [6.07, 6.45) is 3.84. The van der Waals surface area contributed by atoms with E-state index in [1.165, 1.54) is 25.3 Å². The molecule has 2 unspecified atom stereocenters. The molecule has 84 valence electrons. The van der Waals surface area contributed by atoms with Crippen molar-refractivity contribution in [1.82, 2.24) is 5.32 Å². The Hall–Kier alpha value is -1.21. The van der Waals surface area contributed by atoms with E-state index in [9.17, 15) is 9.90 Å². The van der Waals surface area contributed by atoms with Gasteiger partial charge in [0.15, 0.2) is 0 Å². The lowest BCUT2D eigenvalue weighted by Gasteiger charge is -2.33. The van der Waals surface area contributed by atoms with E-state index in [-0.39, 0.29) is 5.57 Å². The molecule has 2 atom stereocenters. The van der Waals surface area contributed by atoms with Crippen LogP contribution in [0.2, 0.25) is 0 Å². The Morgan fingerprint density at radius 3 is 2.60 bits per heavy atom. The highest BCUT2D eigenvalue weighted by Crippen LogP contribution is 2.27. The van der Waals surface area contributed by atoms with Crippen molar-refractivity contribution in [1.29, 1.82) is 0 Å². The second-order valence-corrected chi connectivity index (χ2v) is 3.28. The summed E-state index contributed by atoms with van der Waals surface area (Å²) >= 11 is 0. The highest BCUT2D eigenvalue weighted by Gasteiger charge is 2.39. The summed E-state index contributed by atoms with van der Waals surface area (Å²) in [5, 5.41) is 21.4. The van der Waals surface area contributed by atoms with Crippen molar-refractivity contribution in [3.63, 3.8) is 0 Å². The van der Waals surface area contributed by atoms with Crippen LogP contribution < -0.4 is 11.1 Å². The van der Waals surface area contributed by atoms with Crippen LogP contribution in [0.15, 0.2) is 23.8 Å². The maximum absolute atomic E-state index is 10.9. The highest BCUT2D eigenvalue weighted by atomic mass is 16.6. The molecule has 0 fully saturated rings. The molecule has 0 aromatic heterocycles. The van der Waals surface area contributed by atoms with Gasteiger partial charge in [-0.3, -0.25) is 5.32 Å². The maximum Gasteiger partial charge on any atom is 0.337 e. The predicted molar refractivity (Wildman–Crippen MR) is 52.8 cm³/mol. The average molecular weight is 214 g/mol. The van der Waals surface area contributed by atoms with E-state index in [0.717, 1.165) is 0 Å². The fourth-order valence-electron chi connectivity index (χ4n) is 1.28. The van der Waals surface area contributed by atoms with Crippen LogP contribution in [0.3, 0.4) is 0 Å². The zero-order valence-corrected chi connectivity index (χ0v) is 8.52. The summed E-state index contributed by atoms with van der Waals surface area (Å²) in [5.41, 5.74) is 4.36. The Morgan fingerprint density at radius 1 is 1.60 bits per heavy atom. The van der Waals surface area contributed by atoms with Crippen molar-refractivity contribution in [2.45, 2.75) is 11.4 Å². The molecule has 0 aromatic carbocycles. The lowest BCUT2D eigenvalue weighted by atomic mass is 9.93. The third-order valence-corrected chi connectivity index (χ3v) is 2.33. The van der Waals surface area contributed by atoms with Crippen molar-refractivity contribution >= 4 is 5.97 Å². The van der Waals surface area contributed by atoms with Crippen LogP contribution in [-0.4, -0.2) is 41.8 Å². The van der Waals surface area contributed by atoms with Crippen LogP contribution in [0.25, 0.3) is 0 Å². The summed E-state index contributed by atoms with van der Waals surface area (Å²) in [6, 6.07) is 0. The van der Waals surface area contributed by atoms with Crippen LogP contribution in [0.4, 0.5) is 0 Å². The van der Waals surface area contributed by atoms with Crippen molar-refractivity contribution < 1.29 is 19.7 Å². The van der Waals surface area contributed by atoms with Gasteiger partial charge in [-0.15, -0.1) is 0 Å². The lowest BCUT2D eigenvalue weighted by molar-refractivity contribution is -0.149. The SMILES string of the molecule is CNC1(N)C=CC(O)(OC)C(C(=O)O)=C1. The fraction of sp³-hybridized carbons (Fsp3) is 0.444. The number of aliphatic carboxylic acids is 1. The number of aliphatic hydroxyl groups is 1. The first kappa shape index (κ1) is 11.9. The number of ether oxygens (including phenoxy) is 1. The Kier molecular flexibility index (Phi) is 2.96. The molecule has 15 heavy (non-hydrogen) atoms. The van der Waals surface area contributed by atoms with E-state index in [2.05, 4.69) is 5.32 Å². The van der Waals surface area contributed by atoms with Gasteiger partial charge in [-0.25, -0.2) is 4.79 Å². The molecule has 0 bridgehead atoms. The number of carbonyl (C=O) groups is 1. The fourth-order valence-corrected chi connectivity index (χ4v) is 1.28. The average Bonchev–Trinajstić information content (AvgIpc) is 2.22. The minimum absolute atomic E-state index is 0.315. The van der Waals surface area contributed by atoms with Gasteiger partial charge in [-0.2, -0.15) is 0 Å². The molecule has 1 aliphatic rings. The summed E-state index contributed by atoms with van der Waals surface area (Å²) in [5.74, 6) is -3.21. The molecule has 6 heteroatoms. The maximum atomic E-state index is 10.9. The first-order valence-electron chi connectivity index (χ1n) is 4.29. The molecular weight excluding hydrogens is 200 g/mol. The van der Waals surface area contributed by atoms with Crippen LogP contribution >= 0.6 is 0 Å². The Balaban J connectivity index is 3.18. The minimum atomic E-state index is -1.93. The zero-order valence-electron chi connectivity index (χ0n) is 8.52. The van der Waals surface area contributed by atoms with E-state index in [0.29, 0.717) is 0 Å². The molecule has 0 radical (unpaired) electrons. The van der Waals surface area contributed by atoms with Gasteiger partial charge in [-0.1, -0.05) is 0 Å². The molecule has 0 spiro atoms. The van der Waals surface area contributed by atoms with Crippen molar-refractivity contribution in [3.8, 4) is 0 Å². The molecule has 0 aromatic rings. The molecule has 0 aliphatic heterocycles. The van der Waals surface area contributed by atoms with Gasteiger partial charge in [0.25, 0.3) is 0 Å². The van der Waals surface area contributed by atoms with Gasteiger partial charge >= 0.3 is 5.97 Å². The minimum Gasteiger partial charge on any atom is -0.478 e. The van der Waals surface area contributed by atoms with Crippen molar-refractivity contribution in [3.05, 3.63) is 23.8 Å². The van der Waals surface area contributed by atoms with Gasteiger partial charge < -0.3 is 20.7 Å². The van der Waals surface area contributed by atoms with Gasteiger partial charge in [0.05, 0.1) is 5.57 Å². The van der Waals surface area contributed by atoms with E-state index in [4.69, 9.17) is 15.6 Å². The quantitative estimate of drug-likeness (QED) is 0.346. The summed E-state index contributed by atoms with van der Waals surface area (Å²) in [7, 11) is 2.79. The smallest absolute Gasteiger partial charge is 0.337 e. The van der Waals surface area contributed by atoms with Crippen LogP contribution in [-0.2, 0) is 9.53 Å². The van der Waals surface area contributed by atoms with Crippen LogP contribution in [0, 0.1) is 0 Å². The number of hydrogen-bond acceptors (Lipinski definition) is 5. The Bertz CT molecular complexity index is 339. The van der Waals surface area contributed by atoms with E-state index >= 15 is 0 Å². The number of rotatable bonds is 3. The number of carboxylic acids is 1. The molecule has 0 heterocycles. The van der Waals surface area contributed by atoms with Crippen molar-refractivity contribution in [2.75, 3.05) is 14.2 Å². The normalized spacial score (nSPS) is 35.1. The summed E-state index contributed by atoms with van der Waals surface area (Å²) in [4.78, 5) is 10.9. The first-order chi connectivity index (χ1) is 6.87. The van der Waals surface area contributed by atoms with Crippen LogP contribution in [0.1, 0.15) is 0 Å². The van der Waals surface area contributed by atoms with Gasteiger partial charge in [-0.05, 0) is 25.3 Å². The molecule has 5 N–H and O–H groups in total. The predicted octanol–water partition coefficient (Wildman–Crippen LogP) is -1.22. The lowest BCUT2D eigenvalue weighted by Crippen LogP contribution is -2.53. The number of nitrogens with one attached hydrogen (secondary N) is 1. The Labute approximate surface area is 87.0 Å². The monoisotopic (exact) mass is 214 g/mol. The first-order valence-corrected chi connectivity index (χ1v) is 4.29. The molecule has 6 nitrogen and oxygen atoms in total.